The minimum absolute atomic E-state index is 0.214. The van der Waals surface area contributed by atoms with Crippen LogP contribution in [-0.2, 0) is 21.1 Å². The number of Topliss-reactive ketones (excluding diaryl/α,β-unsaturated/α-hetero) is 1. The van der Waals surface area contributed by atoms with Gasteiger partial charge in [0, 0.05) is 12.8 Å². The summed E-state index contributed by atoms with van der Waals surface area (Å²) < 4.78 is 23.5. The van der Waals surface area contributed by atoms with E-state index in [0.29, 0.717) is 19.3 Å². The lowest BCUT2D eigenvalue weighted by molar-refractivity contribution is -0.118. The molecule has 0 bridgehead atoms. The van der Waals surface area contributed by atoms with Gasteiger partial charge in [-0.3, -0.25) is 4.79 Å². The van der Waals surface area contributed by atoms with Crippen molar-refractivity contribution in [2.24, 2.45) is 0 Å². The first-order chi connectivity index (χ1) is 13.2. The third-order valence-electron chi connectivity index (χ3n) is 5.30. The highest BCUT2D eigenvalue weighted by Gasteiger charge is 2.15. The molecule has 0 unspecified atom stereocenters. The Balaban J connectivity index is 1.79. The van der Waals surface area contributed by atoms with Crippen LogP contribution in [0.5, 0.6) is 0 Å². The fourth-order valence-electron chi connectivity index (χ4n) is 3.09. The molecule has 0 radical (unpaired) electrons. The van der Waals surface area contributed by atoms with E-state index >= 15 is 0 Å². The van der Waals surface area contributed by atoms with Crippen LogP contribution in [0.4, 0.5) is 0 Å². The molecular weight excluding hydrogens is 368 g/mol. The molecule has 0 atom stereocenters. The van der Waals surface area contributed by atoms with Gasteiger partial charge < -0.3 is 0 Å². The van der Waals surface area contributed by atoms with Crippen molar-refractivity contribution >= 4 is 15.6 Å². The molecule has 0 saturated carbocycles. The van der Waals surface area contributed by atoms with Crippen molar-refractivity contribution in [1.29, 1.82) is 0 Å². The molecule has 3 nitrogen and oxygen atoms in total. The fraction of sp³-hybridized carbons (Fsp3) is 0.458. The zero-order valence-electron chi connectivity index (χ0n) is 17.5. The second kappa shape index (κ2) is 10.0. The lowest BCUT2D eigenvalue weighted by atomic mass is 9.98. The van der Waals surface area contributed by atoms with Gasteiger partial charge in [0.25, 0.3) is 0 Å². The highest BCUT2D eigenvalue weighted by molar-refractivity contribution is 7.91. The maximum absolute atomic E-state index is 12.2. The predicted molar refractivity (Wildman–Crippen MR) is 117 cm³/mol. The molecule has 2 aromatic carbocycles. The average Bonchev–Trinajstić information content (AvgIpc) is 2.64. The number of carbonyl (C=O) groups excluding carboxylic acids is 1. The zero-order chi connectivity index (χ0) is 20.7. The lowest BCUT2D eigenvalue weighted by Crippen LogP contribution is -2.17. The first-order valence-electron chi connectivity index (χ1n) is 10.1. The highest BCUT2D eigenvalue weighted by Crippen LogP contribution is 2.23. The first-order valence-corrected chi connectivity index (χ1v) is 11.8. The Morgan fingerprint density at radius 3 is 2.11 bits per heavy atom. The van der Waals surface area contributed by atoms with Crippen molar-refractivity contribution in [3.63, 3.8) is 0 Å². The summed E-state index contributed by atoms with van der Waals surface area (Å²) in [6.07, 6.45) is 3.13. The average molecular weight is 401 g/mol. The molecule has 0 aromatic heterocycles. The smallest absolute Gasteiger partial charge is 0.152 e. The SMILES string of the molecule is Cc1ccc(-c2ccc(CC(=O)CCCCCS(=O)(=O)C(C)C)cc2)cc1C. The number of rotatable bonds is 10. The van der Waals surface area contributed by atoms with Gasteiger partial charge in [0.1, 0.15) is 5.78 Å². The van der Waals surface area contributed by atoms with Crippen molar-refractivity contribution in [3.8, 4) is 11.1 Å². The Morgan fingerprint density at radius 1 is 0.857 bits per heavy atom. The summed E-state index contributed by atoms with van der Waals surface area (Å²) in [7, 11) is -2.96. The van der Waals surface area contributed by atoms with Crippen molar-refractivity contribution < 1.29 is 13.2 Å². The minimum Gasteiger partial charge on any atom is -0.299 e. The van der Waals surface area contributed by atoms with Crippen LogP contribution in [0.3, 0.4) is 0 Å². The lowest BCUT2D eigenvalue weighted by Gasteiger charge is -2.08. The Kier molecular flexibility index (Phi) is 7.99. The number of hydrogen-bond donors (Lipinski definition) is 0. The largest absolute Gasteiger partial charge is 0.299 e. The monoisotopic (exact) mass is 400 g/mol. The number of aryl methyl sites for hydroxylation is 2. The van der Waals surface area contributed by atoms with E-state index in [9.17, 15) is 13.2 Å². The van der Waals surface area contributed by atoms with Crippen LogP contribution in [0.1, 0.15) is 56.2 Å². The van der Waals surface area contributed by atoms with E-state index in [1.165, 1.54) is 16.7 Å². The maximum atomic E-state index is 12.2. The zero-order valence-corrected chi connectivity index (χ0v) is 18.3. The van der Waals surface area contributed by atoms with Gasteiger partial charge in [-0.05, 0) is 68.4 Å². The fourth-order valence-corrected chi connectivity index (χ4v) is 4.17. The predicted octanol–water partition coefficient (Wildman–Crippen LogP) is 5.47. The van der Waals surface area contributed by atoms with E-state index in [4.69, 9.17) is 0 Å². The van der Waals surface area contributed by atoms with Gasteiger partial charge in [0.05, 0.1) is 11.0 Å². The van der Waals surface area contributed by atoms with Gasteiger partial charge in [-0.2, -0.15) is 0 Å². The summed E-state index contributed by atoms with van der Waals surface area (Å²) in [6, 6.07) is 14.6. The first kappa shape index (κ1) is 22.4. The summed E-state index contributed by atoms with van der Waals surface area (Å²) in [5.41, 5.74) is 5.94. The number of sulfone groups is 1. The number of hydrogen-bond acceptors (Lipinski definition) is 3. The number of benzene rings is 2. The molecule has 28 heavy (non-hydrogen) atoms. The summed E-state index contributed by atoms with van der Waals surface area (Å²) in [5, 5.41) is -0.319. The molecule has 4 heteroatoms. The van der Waals surface area contributed by atoms with Gasteiger partial charge >= 0.3 is 0 Å². The van der Waals surface area contributed by atoms with E-state index in [1.807, 2.05) is 12.1 Å². The molecule has 2 rings (SSSR count). The minimum atomic E-state index is -2.96. The van der Waals surface area contributed by atoms with Gasteiger partial charge in [-0.15, -0.1) is 0 Å². The molecule has 152 valence electrons. The van der Waals surface area contributed by atoms with Crippen LogP contribution >= 0.6 is 0 Å². The summed E-state index contributed by atoms with van der Waals surface area (Å²) >= 11 is 0. The summed E-state index contributed by atoms with van der Waals surface area (Å²) in [4.78, 5) is 12.2. The van der Waals surface area contributed by atoms with Gasteiger partial charge in [0.15, 0.2) is 9.84 Å². The number of ketones is 1. The van der Waals surface area contributed by atoms with Crippen LogP contribution in [-0.4, -0.2) is 25.2 Å². The molecule has 0 fully saturated rings. The molecule has 0 spiro atoms. The van der Waals surface area contributed by atoms with Crippen molar-refractivity contribution in [3.05, 3.63) is 59.2 Å². The Hall–Kier alpha value is -1.94. The molecule has 0 aliphatic heterocycles. The maximum Gasteiger partial charge on any atom is 0.152 e. The second-order valence-corrected chi connectivity index (χ2v) is 10.6. The topological polar surface area (TPSA) is 51.2 Å². The molecule has 0 amide bonds. The molecule has 0 heterocycles. The Morgan fingerprint density at radius 2 is 1.50 bits per heavy atom. The van der Waals surface area contributed by atoms with Crippen LogP contribution in [0.2, 0.25) is 0 Å². The normalized spacial score (nSPS) is 11.8. The van der Waals surface area contributed by atoms with Crippen LogP contribution < -0.4 is 0 Å². The van der Waals surface area contributed by atoms with Gasteiger partial charge in [-0.1, -0.05) is 48.9 Å². The molecule has 0 N–H and O–H groups in total. The van der Waals surface area contributed by atoms with E-state index < -0.39 is 9.84 Å². The third-order valence-corrected chi connectivity index (χ3v) is 7.59. The number of unbranched alkanes of at least 4 members (excludes halogenated alkanes) is 2. The van der Waals surface area contributed by atoms with Crippen molar-refractivity contribution in [2.75, 3.05) is 5.75 Å². The van der Waals surface area contributed by atoms with E-state index in [-0.39, 0.29) is 16.8 Å². The Bertz CT molecular complexity index is 894. The Labute approximate surface area is 170 Å². The van der Waals surface area contributed by atoms with Crippen LogP contribution in [0.25, 0.3) is 11.1 Å². The van der Waals surface area contributed by atoms with Crippen molar-refractivity contribution in [1.82, 2.24) is 0 Å². The standard InChI is InChI=1S/C24H32O3S/c1-18(2)28(26,27)15-7-5-6-8-24(25)17-21-10-13-22(14-11-21)23-12-9-19(3)20(4)16-23/h9-14,16,18H,5-8,15,17H2,1-4H3. The molecule has 0 saturated heterocycles. The molecular formula is C24H32O3S. The number of carbonyl (C=O) groups is 1. The molecule has 0 aliphatic carbocycles. The molecule has 2 aromatic rings. The van der Waals surface area contributed by atoms with Crippen LogP contribution in [0.15, 0.2) is 42.5 Å². The quantitative estimate of drug-likeness (QED) is 0.497. The van der Waals surface area contributed by atoms with Crippen LogP contribution in [0, 0.1) is 13.8 Å². The summed E-state index contributed by atoms with van der Waals surface area (Å²) in [5.74, 6) is 0.435. The highest BCUT2D eigenvalue weighted by atomic mass is 32.2. The third kappa shape index (κ3) is 6.59. The second-order valence-electron chi connectivity index (χ2n) is 7.94. The molecule has 0 aliphatic rings. The van der Waals surface area contributed by atoms with Gasteiger partial charge in [0.2, 0.25) is 0 Å². The van der Waals surface area contributed by atoms with E-state index in [1.54, 1.807) is 13.8 Å². The van der Waals surface area contributed by atoms with Crippen molar-refractivity contribution in [2.45, 2.75) is 65.0 Å². The van der Waals surface area contributed by atoms with Gasteiger partial charge in [-0.25, -0.2) is 8.42 Å². The van der Waals surface area contributed by atoms with E-state index in [2.05, 4.69) is 44.2 Å². The summed E-state index contributed by atoms with van der Waals surface area (Å²) in [6.45, 7) is 7.65. The van der Waals surface area contributed by atoms with E-state index in [0.717, 1.165) is 24.0 Å².